The van der Waals surface area contributed by atoms with Crippen LogP contribution in [-0.2, 0) is 4.79 Å². The number of halogens is 1. The average molecular weight is 470 g/mol. The Hall–Kier alpha value is -2.64. The van der Waals surface area contributed by atoms with Gasteiger partial charge >= 0.3 is 0 Å². The number of carbonyl (C=O) groups is 2. The number of benzene rings is 2. The quantitative estimate of drug-likeness (QED) is 0.683. The first kappa shape index (κ1) is 20.6. The van der Waals surface area contributed by atoms with Crippen LogP contribution in [0.2, 0.25) is 0 Å². The van der Waals surface area contributed by atoms with Crippen LogP contribution in [0.4, 0.5) is 0 Å². The van der Waals surface area contributed by atoms with E-state index >= 15 is 0 Å². The number of carbonyl (C=O) groups excluding carboxylic acids is 2. The largest absolute Gasteiger partial charge is 0.488 e. The number of nitrogens with zero attached hydrogens (tertiary/aromatic N) is 2. The van der Waals surface area contributed by atoms with Crippen LogP contribution in [0, 0.1) is 0 Å². The van der Waals surface area contributed by atoms with E-state index in [0.717, 1.165) is 28.9 Å². The summed E-state index contributed by atoms with van der Waals surface area (Å²) in [5.74, 6) is 0.743. The minimum Gasteiger partial charge on any atom is -0.488 e. The van der Waals surface area contributed by atoms with Crippen LogP contribution in [0.25, 0.3) is 6.08 Å². The summed E-state index contributed by atoms with van der Waals surface area (Å²) in [6.07, 6.45) is 3.63. The van der Waals surface area contributed by atoms with Gasteiger partial charge in [-0.2, -0.15) is 0 Å². The Balaban J connectivity index is 1.27. The third kappa shape index (κ3) is 5.09. The van der Waals surface area contributed by atoms with E-state index in [0.29, 0.717) is 31.7 Å². The normalized spacial score (nSPS) is 17.1. The van der Waals surface area contributed by atoms with Gasteiger partial charge in [-0.1, -0.05) is 28.1 Å². The summed E-state index contributed by atoms with van der Waals surface area (Å²) in [7, 11) is 0. The molecule has 2 aliphatic rings. The second-order valence-corrected chi connectivity index (χ2v) is 8.34. The predicted octanol–water partition coefficient (Wildman–Crippen LogP) is 2.80. The molecule has 0 aromatic heterocycles. The van der Waals surface area contributed by atoms with Gasteiger partial charge in [0.2, 0.25) is 5.91 Å². The first-order chi connectivity index (χ1) is 14.6. The molecule has 30 heavy (non-hydrogen) atoms. The van der Waals surface area contributed by atoms with E-state index < -0.39 is 0 Å². The van der Waals surface area contributed by atoms with Crippen LogP contribution in [0.15, 0.2) is 59.1 Å². The van der Waals surface area contributed by atoms with Gasteiger partial charge in [-0.05, 0) is 48.0 Å². The van der Waals surface area contributed by atoms with Crippen molar-refractivity contribution in [2.45, 2.75) is 6.10 Å². The number of hydrogen-bond donors (Lipinski definition) is 1. The van der Waals surface area contributed by atoms with Gasteiger partial charge in [-0.3, -0.25) is 9.59 Å². The Kier molecular flexibility index (Phi) is 6.50. The van der Waals surface area contributed by atoms with Gasteiger partial charge in [0.25, 0.3) is 5.91 Å². The molecule has 2 aromatic rings. The summed E-state index contributed by atoms with van der Waals surface area (Å²) in [6.45, 7) is 3.85. The molecule has 7 heteroatoms. The first-order valence-electron chi connectivity index (χ1n) is 10.1. The van der Waals surface area contributed by atoms with E-state index in [-0.39, 0.29) is 17.9 Å². The fraction of sp³-hybridized carbons (Fsp3) is 0.304. The summed E-state index contributed by atoms with van der Waals surface area (Å²) < 4.78 is 6.80. The van der Waals surface area contributed by atoms with Crippen LogP contribution in [0.1, 0.15) is 15.9 Å². The summed E-state index contributed by atoms with van der Waals surface area (Å²) in [5.41, 5.74) is 1.62. The Morgan fingerprint density at radius 1 is 0.933 bits per heavy atom. The highest BCUT2D eigenvalue weighted by Gasteiger charge is 2.24. The van der Waals surface area contributed by atoms with Crippen LogP contribution >= 0.6 is 15.9 Å². The smallest absolute Gasteiger partial charge is 0.253 e. The van der Waals surface area contributed by atoms with E-state index in [1.54, 1.807) is 15.9 Å². The van der Waals surface area contributed by atoms with Crippen molar-refractivity contribution in [2.24, 2.45) is 0 Å². The third-order valence-electron chi connectivity index (χ3n) is 5.31. The zero-order valence-electron chi connectivity index (χ0n) is 16.6. The number of ether oxygens (including phenoxy) is 1. The van der Waals surface area contributed by atoms with Crippen molar-refractivity contribution in [3.8, 4) is 5.75 Å². The van der Waals surface area contributed by atoms with Crippen molar-refractivity contribution in [2.75, 3.05) is 39.3 Å². The fourth-order valence-corrected chi connectivity index (χ4v) is 3.64. The number of rotatable bonds is 5. The second kappa shape index (κ2) is 9.45. The standard InChI is InChI=1S/C23H24BrN3O3/c24-19-6-1-17(2-7-19)3-10-22(28)26-11-13-27(14-12-26)23(29)18-4-8-20(9-5-18)30-21-15-25-16-21/h1-10,21,25H,11-16H2/b10-3+. The Labute approximate surface area is 184 Å². The van der Waals surface area contributed by atoms with Crippen molar-refractivity contribution in [1.82, 2.24) is 15.1 Å². The molecule has 156 valence electrons. The Bertz CT molecular complexity index is 916. The zero-order valence-corrected chi connectivity index (χ0v) is 18.2. The molecule has 2 fully saturated rings. The van der Waals surface area contributed by atoms with Gasteiger partial charge in [0, 0.05) is 55.4 Å². The first-order valence-corrected chi connectivity index (χ1v) is 10.9. The monoisotopic (exact) mass is 469 g/mol. The maximum Gasteiger partial charge on any atom is 0.253 e. The van der Waals surface area contributed by atoms with Crippen molar-refractivity contribution in [3.05, 3.63) is 70.2 Å². The molecule has 2 amide bonds. The van der Waals surface area contributed by atoms with E-state index in [1.165, 1.54) is 0 Å². The lowest BCUT2D eigenvalue weighted by Gasteiger charge is -2.34. The van der Waals surface area contributed by atoms with Gasteiger partial charge in [0.1, 0.15) is 11.9 Å². The Morgan fingerprint density at radius 3 is 2.17 bits per heavy atom. The summed E-state index contributed by atoms with van der Waals surface area (Å²) in [4.78, 5) is 28.8. The van der Waals surface area contributed by atoms with E-state index in [4.69, 9.17) is 4.74 Å². The number of nitrogens with one attached hydrogen (secondary N) is 1. The highest BCUT2D eigenvalue weighted by atomic mass is 79.9. The molecule has 1 N–H and O–H groups in total. The van der Waals surface area contributed by atoms with Gasteiger partial charge in [0.15, 0.2) is 0 Å². The van der Waals surface area contributed by atoms with Gasteiger partial charge < -0.3 is 19.9 Å². The SMILES string of the molecule is O=C(/C=C/c1ccc(Br)cc1)N1CCN(C(=O)c2ccc(OC3CNC3)cc2)CC1. The molecular weight excluding hydrogens is 446 g/mol. The zero-order chi connectivity index (χ0) is 20.9. The lowest BCUT2D eigenvalue weighted by molar-refractivity contribution is -0.127. The number of hydrogen-bond acceptors (Lipinski definition) is 4. The Morgan fingerprint density at radius 2 is 1.57 bits per heavy atom. The van der Waals surface area contributed by atoms with Gasteiger partial charge in [-0.15, -0.1) is 0 Å². The van der Waals surface area contributed by atoms with Crippen molar-refractivity contribution >= 4 is 33.8 Å². The fourth-order valence-electron chi connectivity index (χ4n) is 3.37. The number of amides is 2. The van der Waals surface area contributed by atoms with Crippen LogP contribution in [-0.4, -0.2) is 67.0 Å². The summed E-state index contributed by atoms with van der Waals surface area (Å²) in [5, 5.41) is 3.16. The molecule has 6 nitrogen and oxygen atoms in total. The van der Waals surface area contributed by atoms with E-state index in [2.05, 4.69) is 21.2 Å². The molecule has 0 aliphatic carbocycles. The number of piperazine rings is 1. The molecule has 0 bridgehead atoms. The summed E-state index contributed by atoms with van der Waals surface area (Å²) >= 11 is 3.40. The highest BCUT2D eigenvalue weighted by molar-refractivity contribution is 9.10. The highest BCUT2D eigenvalue weighted by Crippen LogP contribution is 2.17. The summed E-state index contributed by atoms with van der Waals surface area (Å²) in [6, 6.07) is 15.1. The second-order valence-electron chi connectivity index (χ2n) is 7.42. The molecule has 2 saturated heterocycles. The predicted molar refractivity (Wildman–Crippen MR) is 119 cm³/mol. The lowest BCUT2D eigenvalue weighted by atomic mass is 10.1. The minimum atomic E-state index is -0.0306. The molecule has 2 aliphatic heterocycles. The van der Waals surface area contributed by atoms with E-state index in [1.807, 2.05) is 54.6 Å². The molecular formula is C23H24BrN3O3. The molecule has 2 aromatic carbocycles. The van der Waals surface area contributed by atoms with Gasteiger partial charge in [-0.25, -0.2) is 0 Å². The topological polar surface area (TPSA) is 61.9 Å². The van der Waals surface area contributed by atoms with Crippen molar-refractivity contribution < 1.29 is 14.3 Å². The lowest BCUT2D eigenvalue weighted by Crippen LogP contribution is -2.50. The van der Waals surface area contributed by atoms with Crippen molar-refractivity contribution in [3.63, 3.8) is 0 Å². The van der Waals surface area contributed by atoms with Crippen molar-refractivity contribution in [1.29, 1.82) is 0 Å². The van der Waals surface area contributed by atoms with Crippen LogP contribution < -0.4 is 10.1 Å². The minimum absolute atomic E-state index is 0.00985. The molecule has 0 unspecified atom stereocenters. The maximum absolute atomic E-state index is 12.8. The van der Waals surface area contributed by atoms with E-state index in [9.17, 15) is 9.59 Å². The van der Waals surface area contributed by atoms with Crippen LogP contribution in [0.5, 0.6) is 5.75 Å². The third-order valence-corrected chi connectivity index (χ3v) is 5.84. The molecule has 0 saturated carbocycles. The molecule has 4 rings (SSSR count). The average Bonchev–Trinajstić information content (AvgIpc) is 2.76. The molecule has 0 spiro atoms. The molecule has 0 atom stereocenters. The van der Waals surface area contributed by atoms with Gasteiger partial charge in [0.05, 0.1) is 0 Å². The molecule has 0 radical (unpaired) electrons. The maximum atomic E-state index is 12.8. The van der Waals surface area contributed by atoms with Crippen LogP contribution in [0.3, 0.4) is 0 Å². The molecule has 2 heterocycles.